The minimum absolute atomic E-state index is 0.0958. The number of carbonyl (C=O) groups is 1. The zero-order valence-corrected chi connectivity index (χ0v) is 20.3. The Labute approximate surface area is 206 Å². The quantitative estimate of drug-likeness (QED) is 0.464. The second-order valence-electron chi connectivity index (χ2n) is 8.10. The van der Waals surface area contributed by atoms with Gasteiger partial charge >= 0.3 is 0 Å². The molecule has 0 bridgehead atoms. The van der Waals surface area contributed by atoms with Crippen LogP contribution in [0.5, 0.6) is 11.5 Å². The van der Waals surface area contributed by atoms with E-state index in [9.17, 15) is 10.1 Å². The molecule has 1 heterocycles. The van der Waals surface area contributed by atoms with Crippen LogP contribution in [-0.2, 0) is 0 Å². The number of carbonyl (C=O) groups excluding carboxylic acids is 1. The highest BCUT2D eigenvalue weighted by Gasteiger charge is 2.41. The fourth-order valence-electron chi connectivity index (χ4n) is 3.91. The van der Waals surface area contributed by atoms with Crippen LogP contribution < -0.4 is 9.47 Å². The molecule has 1 unspecified atom stereocenters. The van der Waals surface area contributed by atoms with E-state index in [1.807, 2.05) is 50.2 Å². The first-order chi connectivity index (χ1) is 17.1. The van der Waals surface area contributed by atoms with Crippen molar-refractivity contribution in [1.29, 1.82) is 10.5 Å². The molecule has 1 aliphatic heterocycles. The van der Waals surface area contributed by atoms with E-state index in [-0.39, 0.29) is 12.5 Å². The van der Waals surface area contributed by atoms with E-state index in [4.69, 9.17) is 14.7 Å². The van der Waals surface area contributed by atoms with Gasteiger partial charge in [0.25, 0.3) is 5.91 Å². The number of benzene rings is 3. The monoisotopic (exact) mass is 467 g/mol. The van der Waals surface area contributed by atoms with Crippen LogP contribution in [0.1, 0.15) is 36.2 Å². The summed E-state index contributed by atoms with van der Waals surface area (Å²) in [5, 5.41) is 18.8. The molecule has 0 N–H and O–H groups in total. The summed E-state index contributed by atoms with van der Waals surface area (Å²) in [6.07, 6.45) is 0.564. The summed E-state index contributed by atoms with van der Waals surface area (Å²) in [5.74, 6) is 1.27. The van der Waals surface area contributed by atoms with E-state index in [2.05, 4.69) is 12.1 Å². The fourth-order valence-corrected chi connectivity index (χ4v) is 3.91. The third kappa shape index (κ3) is 5.99. The first kappa shape index (κ1) is 25.3. The van der Waals surface area contributed by atoms with Gasteiger partial charge in [-0.1, -0.05) is 38.1 Å². The number of methoxy groups -OCH3 is 1. The Bertz CT molecular complexity index is 1210. The summed E-state index contributed by atoms with van der Waals surface area (Å²) in [6, 6.07) is 26.5. The molecule has 1 atom stereocenters. The Morgan fingerprint density at radius 3 is 2.03 bits per heavy atom. The van der Waals surface area contributed by atoms with Crippen molar-refractivity contribution in [1.82, 2.24) is 4.90 Å². The minimum atomic E-state index is -0.742. The molecule has 0 aromatic heterocycles. The van der Waals surface area contributed by atoms with Crippen molar-refractivity contribution in [3.8, 4) is 34.8 Å². The van der Waals surface area contributed by atoms with Crippen LogP contribution in [0.15, 0.2) is 72.8 Å². The maximum Gasteiger partial charge on any atom is 0.253 e. The maximum absolute atomic E-state index is 12.9. The SMILES string of the molecule is CC.COc1ccc(C(=O)N2CCC(C#N)(COc3ccc(-c4ccc(C#N)cc4)cc3)C2)cc1. The van der Waals surface area contributed by atoms with Crippen LogP contribution in [0.25, 0.3) is 11.1 Å². The van der Waals surface area contributed by atoms with E-state index in [1.165, 1.54) is 0 Å². The third-order valence-electron chi connectivity index (χ3n) is 5.93. The van der Waals surface area contributed by atoms with Gasteiger partial charge in [-0.2, -0.15) is 10.5 Å². The average molecular weight is 468 g/mol. The molecule has 6 nitrogen and oxygen atoms in total. The van der Waals surface area contributed by atoms with Crippen molar-refractivity contribution in [3.63, 3.8) is 0 Å². The molecular weight excluding hydrogens is 438 g/mol. The zero-order chi connectivity index (χ0) is 25.3. The number of likely N-dealkylation sites (tertiary alicyclic amines) is 1. The molecule has 3 aromatic carbocycles. The molecule has 35 heavy (non-hydrogen) atoms. The standard InChI is InChI=1S/C27H23N3O3.C2H6/c1-32-24-10-8-23(9-11-24)26(31)30-15-14-27(17-29,18-30)19-33-25-12-6-22(7-13-25)21-4-2-20(16-28)3-5-21;1-2/h2-13H,14-15,18-19H2,1H3;1-2H3. The highest BCUT2D eigenvalue weighted by molar-refractivity contribution is 5.94. The smallest absolute Gasteiger partial charge is 0.253 e. The van der Waals surface area contributed by atoms with E-state index in [1.54, 1.807) is 48.4 Å². The van der Waals surface area contributed by atoms with Crippen LogP contribution in [0.4, 0.5) is 0 Å². The van der Waals surface area contributed by atoms with Gasteiger partial charge < -0.3 is 14.4 Å². The van der Waals surface area contributed by atoms with Gasteiger partial charge in [-0.05, 0) is 66.1 Å². The average Bonchev–Trinajstić information content (AvgIpc) is 3.38. The first-order valence-corrected chi connectivity index (χ1v) is 11.6. The lowest BCUT2D eigenvalue weighted by molar-refractivity contribution is 0.0771. The van der Waals surface area contributed by atoms with E-state index < -0.39 is 5.41 Å². The number of hydrogen-bond acceptors (Lipinski definition) is 5. The van der Waals surface area contributed by atoms with E-state index in [0.29, 0.717) is 42.1 Å². The molecule has 0 radical (unpaired) electrons. The summed E-state index contributed by atoms with van der Waals surface area (Å²) in [7, 11) is 1.58. The summed E-state index contributed by atoms with van der Waals surface area (Å²) in [4.78, 5) is 14.6. The summed E-state index contributed by atoms with van der Waals surface area (Å²) < 4.78 is 11.1. The molecule has 1 saturated heterocycles. The van der Waals surface area contributed by atoms with Crippen molar-refractivity contribution >= 4 is 5.91 Å². The Morgan fingerprint density at radius 2 is 1.49 bits per heavy atom. The highest BCUT2D eigenvalue weighted by Crippen LogP contribution is 2.32. The lowest BCUT2D eigenvalue weighted by Crippen LogP contribution is -2.34. The van der Waals surface area contributed by atoms with Crippen molar-refractivity contribution in [3.05, 3.63) is 83.9 Å². The first-order valence-electron chi connectivity index (χ1n) is 11.6. The van der Waals surface area contributed by atoms with E-state index >= 15 is 0 Å². The Kier molecular flexibility index (Phi) is 8.48. The Balaban J connectivity index is 0.00000167. The van der Waals surface area contributed by atoms with Crippen molar-refractivity contribution in [2.24, 2.45) is 5.41 Å². The lowest BCUT2D eigenvalue weighted by atomic mass is 9.90. The van der Waals surface area contributed by atoms with Gasteiger partial charge in [0.05, 0.1) is 24.8 Å². The van der Waals surface area contributed by atoms with Crippen LogP contribution >= 0.6 is 0 Å². The summed E-state index contributed by atoms with van der Waals surface area (Å²) in [5.41, 5.74) is 2.48. The molecule has 3 aromatic rings. The molecular formula is C29H29N3O3. The van der Waals surface area contributed by atoms with Crippen LogP contribution in [-0.4, -0.2) is 37.6 Å². The van der Waals surface area contributed by atoms with Gasteiger partial charge in [-0.25, -0.2) is 0 Å². The molecule has 0 saturated carbocycles. The Hall–Kier alpha value is -4.29. The molecule has 0 aliphatic carbocycles. The second kappa shape index (κ2) is 11.7. The molecule has 1 amide bonds. The number of ether oxygens (including phenoxy) is 2. The largest absolute Gasteiger partial charge is 0.497 e. The highest BCUT2D eigenvalue weighted by atomic mass is 16.5. The molecule has 4 rings (SSSR count). The van der Waals surface area contributed by atoms with Crippen LogP contribution in [0.3, 0.4) is 0 Å². The topological polar surface area (TPSA) is 86.3 Å². The van der Waals surface area contributed by atoms with E-state index in [0.717, 1.165) is 11.1 Å². The van der Waals surface area contributed by atoms with Gasteiger partial charge in [0.2, 0.25) is 0 Å². The fraction of sp³-hybridized carbons (Fsp3) is 0.276. The van der Waals surface area contributed by atoms with Crippen LogP contribution in [0, 0.1) is 28.1 Å². The zero-order valence-electron chi connectivity index (χ0n) is 20.3. The molecule has 1 aliphatic rings. The van der Waals surface area contributed by atoms with Gasteiger partial charge in [0, 0.05) is 18.7 Å². The number of nitriles is 2. The van der Waals surface area contributed by atoms with Gasteiger partial charge in [0.1, 0.15) is 23.5 Å². The lowest BCUT2D eigenvalue weighted by Gasteiger charge is -2.22. The van der Waals surface area contributed by atoms with Crippen LogP contribution in [0.2, 0.25) is 0 Å². The van der Waals surface area contributed by atoms with Gasteiger partial charge in [0.15, 0.2) is 0 Å². The van der Waals surface area contributed by atoms with Crippen molar-refractivity contribution in [2.45, 2.75) is 20.3 Å². The minimum Gasteiger partial charge on any atom is -0.497 e. The predicted molar refractivity (Wildman–Crippen MR) is 135 cm³/mol. The normalized spacial score (nSPS) is 16.3. The summed E-state index contributed by atoms with van der Waals surface area (Å²) >= 11 is 0. The number of amides is 1. The van der Waals surface area contributed by atoms with Gasteiger partial charge in [-0.3, -0.25) is 4.79 Å². The van der Waals surface area contributed by atoms with Gasteiger partial charge in [-0.15, -0.1) is 0 Å². The number of hydrogen-bond donors (Lipinski definition) is 0. The van der Waals surface area contributed by atoms with Crippen molar-refractivity contribution < 1.29 is 14.3 Å². The Morgan fingerprint density at radius 1 is 0.914 bits per heavy atom. The maximum atomic E-state index is 12.9. The molecule has 1 fully saturated rings. The number of rotatable bonds is 6. The number of nitrogens with zero attached hydrogens (tertiary/aromatic N) is 3. The molecule has 6 heteroatoms. The second-order valence-corrected chi connectivity index (χ2v) is 8.10. The molecule has 0 spiro atoms. The molecule has 178 valence electrons. The third-order valence-corrected chi connectivity index (χ3v) is 5.93. The van der Waals surface area contributed by atoms with Crippen molar-refractivity contribution in [2.75, 3.05) is 26.8 Å². The predicted octanol–water partition coefficient (Wildman–Crippen LogP) is 5.69. The summed E-state index contributed by atoms with van der Waals surface area (Å²) in [6.45, 7) is 5.06.